The number of aliphatic carboxylic acids is 1. The van der Waals surface area contributed by atoms with Crippen LogP contribution in [-0.2, 0) is 51.2 Å². The Hall–Kier alpha value is -7.80. The number of benzene rings is 2. The van der Waals surface area contributed by atoms with Gasteiger partial charge in [0.1, 0.15) is 42.2 Å². The second-order valence-electron chi connectivity index (χ2n) is 19.2. The molecule has 0 fully saturated rings. The summed E-state index contributed by atoms with van der Waals surface area (Å²) in [5.74, 6) is -7.97. The van der Waals surface area contributed by atoms with E-state index >= 15 is 0 Å². The number of imidazole rings is 1. The molecule has 73 heavy (non-hydrogen) atoms. The number of carbonyl (C=O) groups is 8. The number of rotatable bonds is 26. The first kappa shape index (κ1) is 59.5. The van der Waals surface area contributed by atoms with E-state index in [9.17, 15) is 76.9 Å². The number of carboxylic acid groups (broad SMARTS) is 1. The van der Waals surface area contributed by atoms with Gasteiger partial charge in [0.05, 0.1) is 46.8 Å². The fourth-order valence-electron chi connectivity index (χ4n) is 7.36. The molecule has 2 aromatic carbocycles. The smallest absolute Gasteiger partial charge is 0.391 e. The second-order valence-corrected chi connectivity index (χ2v) is 19.2. The quantitative estimate of drug-likeness (QED) is 0.0344. The number of nitro benzene ring substituents is 2. The van der Waals surface area contributed by atoms with E-state index in [1.54, 1.807) is 79.7 Å². The normalized spacial score (nSPS) is 14.1. The highest BCUT2D eigenvalue weighted by molar-refractivity contribution is 5.97. The van der Waals surface area contributed by atoms with Gasteiger partial charge in [-0.05, 0) is 47.8 Å². The molecule has 7 N–H and O–H groups in total. The standard InChI is InChI=1S/C47H61F3N10O13/c1-25(2)17-32(41(65)52-30(23-61)21-47(48,49)50)55-45(69)40(46(6,7)8)57-43(67)33(18-28-12-10-9-11-27(28)5)54-44(68)39(26(3)4)56-42(66)34(53-37(62)15-16-38(63)64)19-29-22-58(24-51-29)35-14-13-31(59(70)71)20-36(35)60(72)73/h9-14,20,22-26,30,32-34,39-40H,15-19,21H2,1-8H3,(H,52,65)(H,53,62)(H,54,68)(H,55,69)(H,56,66)(H,57,67)(H,63,64)/t30-,32-,33-,34+,39+,40+/m0/s1. The molecular weight excluding hydrogens is 970 g/mol. The number of hydrogen-bond donors (Lipinski definition) is 7. The van der Waals surface area contributed by atoms with Crippen LogP contribution in [0.5, 0.6) is 0 Å². The Morgan fingerprint density at radius 3 is 1.92 bits per heavy atom. The first-order valence-corrected chi connectivity index (χ1v) is 23.0. The number of aldehydes is 1. The van der Waals surface area contributed by atoms with Gasteiger partial charge in [-0.2, -0.15) is 13.2 Å². The van der Waals surface area contributed by atoms with E-state index in [0.717, 1.165) is 29.1 Å². The SMILES string of the molecule is Cc1ccccc1C[C@H](NC(=O)[C@H](NC(=O)[C@@H](Cc1cn(-c2ccc([N+](=O)[O-])cc2[N+](=O)[O-])cn1)NC(=O)CCC(=O)O)C(C)C)C(=O)N[C@H](C(=O)N[C@@H](CC(C)C)C(=O)N[C@H](C=O)CC(F)(F)F)C(C)(C)C. The van der Waals surface area contributed by atoms with Crippen molar-refractivity contribution < 1.29 is 66.5 Å². The van der Waals surface area contributed by atoms with Gasteiger partial charge in [-0.25, -0.2) is 4.98 Å². The summed E-state index contributed by atoms with van der Waals surface area (Å²) in [6, 6.07) is 0.459. The summed E-state index contributed by atoms with van der Waals surface area (Å²) in [6.07, 6.45) is -5.97. The molecule has 0 aliphatic rings. The van der Waals surface area contributed by atoms with Crippen molar-refractivity contribution in [2.75, 3.05) is 0 Å². The lowest BCUT2D eigenvalue weighted by molar-refractivity contribution is -0.394. The maximum absolute atomic E-state index is 14.5. The number of amides is 6. The van der Waals surface area contributed by atoms with Crippen molar-refractivity contribution in [2.45, 2.75) is 136 Å². The van der Waals surface area contributed by atoms with E-state index in [0.29, 0.717) is 11.1 Å². The van der Waals surface area contributed by atoms with E-state index in [2.05, 4.69) is 31.6 Å². The highest BCUT2D eigenvalue weighted by atomic mass is 19.4. The van der Waals surface area contributed by atoms with Crippen LogP contribution in [0.15, 0.2) is 55.0 Å². The monoisotopic (exact) mass is 1030 g/mol. The molecule has 26 heteroatoms. The molecule has 0 unspecified atom stereocenters. The summed E-state index contributed by atoms with van der Waals surface area (Å²) < 4.78 is 40.5. The van der Waals surface area contributed by atoms with Crippen molar-refractivity contribution in [1.82, 2.24) is 41.5 Å². The second kappa shape index (κ2) is 26.1. The zero-order chi connectivity index (χ0) is 55.1. The van der Waals surface area contributed by atoms with Gasteiger partial charge in [0.2, 0.25) is 35.4 Å². The summed E-state index contributed by atoms with van der Waals surface area (Å²) in [6.45, 7) is 13.0. The van der Waals surface area contributed by atoms with Gasteiger partial charge in [0.25, 0.3) is 11.4 Å². The lowest BCUT2D eigenvalue weighted by atomic mass is 9.85. The molecule has 0 spiro atoms. The summed E-state index contributed by atoms with van der Waals surface area (Å²) in [5.41, 5.74) is -1.10. The van der Waals surface area contributed by atoms with Gasteiger partial charge in [-0.15, -0.1) is 0 Å². The average molecular weight is 1030 g/mol. The zero-order valence-corrected chi connectivity index (χ0v) is 41.4. The molecule has 0 saturated carbocycles. The Morgan fingerprint density at radius 1 is 0.767 bits per heavy atom. The number of carbonyl (C=O) groups excluding carboxylic acids is 7. The van der Waals surface area contributed by atoms with E-state index in [-0.39, 0.29) is 36.4 Å². The minimum absolute atomic E-state index is 0.0482. The van der Waals surface area contributed by atoms with Crippen molar-refractivity contribution in [3.8, 4) is 5.69 Å². The van der Waals surface area contributed by atoms with E-state index in [1.807, 2.05) is 5.32 Å². The third-order valence-corrected chi connectivity index (χ3v) is 11.2. The molecule has 0 saturated heterocycles. The molecule has 0 bridgehead atoms. The van der Waals surface area contributed by atoms with Crippen LogP contribution in [0, 0.1) is 44.4 Å². The Balaban J connectivity index is 1.98. The van der Waals surface area contributed by atoms with Gasteiger partial charge in [-0.3, -0.25) is 58.4 Å². The van der Waals surface area contributed by atoms with Crippen LogP contribution in [0.2, 0.25) is 0 Å². The van der Waals surface area contributed by atoms with Gasteiger partial charge in [-0.1, -0.05) is 72.7 Å². The van der Waals surface area contributed by atoms with Crippen molar-refractivity contribution in [3.05, 3.63) is 92.0 Å². The van der Waals surface area contributed by atoms with Crippen LogP contribution in [-0.4, -0.2) is 115 Å². The average Bonchev–Trinajstić information content (AvgIpc) is 3.75. The molecule has 6 atom stereocenters. The molecule has 6 amide bonds. The summed E-state index contributed by atoms with van der Waals surface area (Å²) in [7, 11) is 0. The zero-order valence-electron chi connectivity index (χ0n) is 41.4. The Bertz CT molecular complexity index is 2530. The molecule has 3 rings (SSSR count). The van der Waals surface area contributed by atoms with Crippen molar-refractivity contribution >= 4 is 59.1 Å². The molecule has 23 nitrogen and oxygen atoms in total. The molecule has 0 radical (unpaired) electrons. The lowest BCUT2D eigenvalue weighted by Gasteiger charge is -2.34. The number of aromatic nitrogens is 2. The highest BCUT2D eigenvalue weighted by Gasteiger charge is 2.39. The molecule has 3 aromatic rings. The van der Waals surface area contributed by atoms with Crippen molar-refractivity contribution in [3.63, 3.8) is 0 Å². The minimum Gasteiger partial charge on any atom is -0.481 e. The van der Waals surface area contributed by atoms with Crippen molar-refractivity contribution in [2.24, 2.45) is 17.3 Å². The fraction of sp³-hybridized carbons (Fsp3) is 0.511. The van der Waals surface area contributed by atoms with Crippen LogP contribution >= 0.6 is 0 Å². The fourth-order valence-corrected chi connectivity index (χ4v) is 7.36. The van der Waals surface area contributed by atoms with Gasteiger partial charge in [0.15, 0.2) is 0 Å². The lowest BCUT2D eigenvalue weighted by Crippen LogP contribution is -2.62. The van der Waals surface area contributed by atoms with Gasteiger partial charge >= 0.3 is 12.1 Å². The first-order chi connectivity index (χ1) is 33.9. The predicted molar refractivity (Wildman–Crippen MR) is 254 cm³/mol. The number of aryl methyl sites for hydroxylation is 1. The number of hydrogen-bond acceptors (Lipinski definition) is 13. The Kier molecular flexibility index (Phi) is 21.2. The third kappa shape index (κ3) is 18.7. The number of nitrogens with zero attached hydrogens (tertiary/aromatic N) is 4. The summed E-state index contributed by atoms with van der Waals surface area (Å²) in [4.78, 5) is 132. The number of carboxylic acids is 1. The van der Waals surface area contributed by atoms with Crippen LogP contribution in [0.4, 0.5) is 24.5 Å². The number of nitrogens with one attached hydrogen (secondary N) is 6. The number of nitro groups is 2. The van der Waals surface area contributed by atoms with Crippen LogP contribution < -0.4 is 31.9 Å². The third-order valence-electron chi connectivity index (χ3n) is 11.2. The largest absolute Gasteiger partial charge is 0.481 e. The van der Waals surface area contributed by atoms with E-state index in [1.165, 1.54) is 6.20 Å². The van der Waals surface area contributed by atoms with Crippen LogP contribution in [0.3, 0.4) is 0 Å². The van der Waals surface area contributed by atoms with E-state index in [4.69, 9.17) is 0 Å². The number of alkyl halides is 3. The predicted octanol–water partition coefficient (Wildman–Crippen LogP) is 3.46. The van der Waals surface area contributed by atoms with Gasteiger partial charge in [0, 0.05) is 31.5 Å². The van der Waals surface area contributed by atoms with Gasteiger partial charge < -0.3 is 41.8 Å². The summed E-state index contributed by atoms with van der Waals surface area (Å²) >= 11 is 0. The molecule has 1 heterocycles. The Labute approximate surface area is 417 Å². The number of halogens is 3. The van der Waals surface area contributed by atoms with E-state index < -0.39 is 142 Å². The molecule has 0 aliphatic heterocycles. The van der Waals surface area contributed by atoms with Crippen molar-refractivity contribution in [1.29, 1.82) is 0 Å². The summed E-state index contributed by atoms with van der Waals surface area (Å²) in [5, 5.41) is 47.2. The first-order valence-electron chi connectivity index (χ1n) is 23.0. The Morgan fingerprint density at radius 2 is 1.37 bits per heavy atom. The maximum Gasteiger partial charge on any atom is 0.391 e. The number of non-ortho nitro benzene ring substituents is 1. The molecule has 1 aromatic heterocycles. The topological polar surface area (TPSA) is 333 Å². The molecule has 398 valence electrons. The molecular formula is C47H61F3N10O13. The maximum atomic E-state index is 14.5. The van der Waals surface area contributed by atoms with Crippen LogP contribution in [0.25, 0.3) is 5.69 Å². The highest BCUT2D eigenvalue weighted by Crippen LogP contribution is 2.28. The van der Waals surface area contributed by atoms with Crippen LogP contribution in [0.1, 0.15) is 91.0 Å². The minimum atomic E-state index is -4.80. The molecule has 0 aliphatic carbocycles.